The van der Waals surface area contributed by atoms with E-state index in [0.717, 1.165) is 5.69 Å². The maximum atomic E-state index is 12.0. The largest absolute Gasteiger partial charge is 0.295 e. The van der Waals surface area contributed by atoms with Crippen molar-refractivity contribution in [2.45, 2.75) is 32.6 Å². The molecule has 2 heterocycles. The number of carbonyl (C=O) groups is 1. The molecular formula is C12H20N4O3S. The van der Waals surface area contributed by atoms with Gasteiger partial charge in [0.25, 0.3) is 0 Å². The van der Waals surface area contributed by atoms with Crippen molar-refractivity contribution in [1.29, 1.82) is 0 Å². The third-order valence-corrected chi connectivity index (χ3v) is 4.26. The number of amides is 1. The Labute approximate surface area is 118 Å². The van der Waals surface area contributed by atoms with Crippen molar-refractivity contribution < 1.29 is 13.2 Å². The first-order valence-corrected chi connectivity index (χ1v) is 8.14. The van der Waals surface area contributed by atoms with Gasteiger partial charge in [0.2, 0.25) is 15.9 Å². The summed E-state index contributed by atoms with van der Waals surface area (Å²) in [5.41, 5.74) is 0.837. The lowest BCUT2D eigenvalue weighted by molar-refractivity contribution is -0.117. The quantitative estimate of drug-likeness (QED) is 0.839. The highest BCUT2D eigenvalue weighted by atomic mass is 32.2. The van der Waals surface area contributed by atoms with Gasteiger partial charge in [0.15, 0.2) is 5.82 Å². The van der Waals surface area contributed by atoms with E-state index in [-0.39, 0.29) is 29.4 Å². The number of hydrogen-bond donors (Lipinski definition) is 2. The molecule has 0 bridgehead atoms. The summed E-state index contributed by atoms with van der Waals surface area (Å²) in [4.78, 5) is 13.5. The lowest BCUT2D eigenvalue weighted by atomic mass is 9.92. The number of primary sulfonamides is 1. The predicted octanol–water partition coefficient (Wildman–Crippen LogP) is 0.349. The van der Waals surface area contributed by atoms with E-state index in [1.165, 1.54) is 4.90 Å². The van der Waals surface area contributed by atoms with Gasteiger partial charge in [-0.25, -0.2) is 13.6 Å². The van der Waals surface area contributed by atoms with E-state index in [1.54, 1.807) is 0 Å². The third-order valence-electron chi connectivity index (χ3n) is 3.32. The number of nitrogens with two attached hydrogens (primary N) is 1. The van der Waals surface area contributed by atoms with Crippen LogP contribution in [0.3, 0.4) is 0 Å². The second kappa shape index (κ2) is 4.85. The Balaban J connectivity index is 2.14. The molecule has 0 aromatic carbocycles. The Hall–Kier alpha value is -1.41. The Bertz CT molecular complexity index is 615. The van der Waals surface area contributed by atoms with Crippen LogP contribution in [-0.2, 0) is 20.2 Å². The van der Waals surface area contributed by atoms with Crippen molar-refractivity contribution in [2.24, 2.45) is 11.1 Å². The highest BCUT2D eigenvalue weighted by Gasteiger charge is 2.34. The molecule has 1 aliphatic rings. The van der Waals surface area contributed by atoms with Crippen LogP contribution in [0.1, 0.15) is 32.9 Å². The van der Waals surface area contributed by atoms with Crippen molar-refractivity contribution in [1.82, 2.24) is 10.2 Å². The monoisotopic (exact) mass is 300 g/mol. The van der Waals surface area contributed by atoms with Gasteiger partial charge in [-0.1, -0.05) is 20.8 Å². The van der Waals surface area contributed by atoms with Gasteiger partial charge in [0.1, 0.15) is 0 Å². The van der Waals surface area contributed by atoms with Gasteiger partial charge in [0.05, 0.1) is 5.75 Å². The van der Waals surface area contributed by atoms with E-state index >= 15 is 0 Å². The first-order valence-electron chi connectivity index (χ1n) is 6.43. The zero-order valence-electron chi connectivity index (χ0n) is 11.9. The molecule has 8 heteroatoms. The summed E-state index contributed by atoms with van der Waals surface area (Å²) in [6.07, 6.45) is 0.189. The van der Waals surface area contributed by atoms with E-state index in [2.05, 4.69) is 10.2 Å². The van der Waals surface area contributed by atoms with E-state index < -0.39 is 10.0 Å². The summed E-state index contributed by atoms with van der Waals surface area (Å²) >= 11 is 0. The molecule has 1 unspecified atom stereocenters. The van der Waals surface area contributed by atoms with E-state index in [4.69, 9.17) is 5.14 Å². The molecule has 1 amide bonds. The van der Waals surface area contributed by atoms with Gasteiger partial charge in [-0.3, -0.25) is 14.8 Å². The molecule has 1 atom stereocenters. The number of hydrogen-bond acceptors (Lipinski definition) is 4. The maximum absolute atomic E-state index is 12.0. The standard InChI is InChI=1S/C12H20N4O3S/c1-12(2,3)9-5-10(15-14-9)16-6-8(4-11(16)17)7-20(13,18)19/h5,8H,4,6-7H2,1-3H3,(H,14,15)(H2,13,18,19). The number of rotatable bonds is 3. The molecular weight excluding hydrogens is 280 g/mol. The molecule has 0 radical (unpaired) electrons. The fourth-order valence-corrected chi connectivity index (χ4v) is 3.16. The SMILES string of the molecule is CC(C)(C)c1cc(N2CC(CS(N)(=O)=O)CC2=O)n[nH]1. The van der Waals surface area contributed by atoms with E-state index in [1.807, 2.05) is 26.8 Å². The maximum Gasteiger partial charge on any atom is 0.228 e. The van der Waals surface area contributed by atoms with E-state index in [9.17, 15) is 13.2 Å². The number of anilines is 1. The Morgan fingerprint density at radius 2 is 2.15 bits per heavy atom. The summed E-state index contributed by atoms with van der Waals surface area (Å²) in [5.74, 6) is -0.0269. The summed E-state index contributed by atoms with van der Waals surface area (Å²) in [6, 6.07) is 1.83. The van der Waals surface area contributed by atoms with Crippen LogP contribution < -0.4 is 10.0 Å². The molecule has 1 fully saturated rings. The minimum Gasteiger partial charge on any atom is -0.295 e. The van der Waals surface area contributed by atoms with Crippen molar-refractivity contribution in [2.75, 3.05) is 17.2 Å². The second-order valence-corrected chi connectivity index (χ2v) is 7.95. The number of nitrogens with zero attached hydrogens (tertiary/aromatic N) is 2. The predicted molar refractivity (Wildman–Crippen MR) is 75.7 cm³/mol. The second-order valence-electron chi connectivity index (χ2n) is 6.29. The van der Waals surface area contributed by atoms with Gasteiger partial charge in [-0.2, -0.15) is 5.10 Å². The summed E-state index contributed by atoms with van der Waals surface area (Å²) in [7, 11) is -3.56. The zero-order valence-corrected chi connectivity index (χ0v) is 12.7. The highest BCUT2D eigenvalue weighted by Crippen LogP contribution is 2.28. The van der Waals surface area contributed by atoms with Crippen LogP contribution in [0.2, 0.25) is 0 Å². The minimum absolute atomic E-state index is 0.0893. The Kier molecular flexibility index (Phi) is 3.64. The molecule has 20 heavy (non-hydrogen) atoms. The summed E-state index contributed by atoms with van der Waals surface area (Å²) in [6.45, 7) is 6.46. The number of carbonyl (C=O) groups excluding carboxylic acids is 1. The molecule has 0 saturated carbocycles. The van der Waals surface area contributed by atoms with Crippen molar-refractivity contribution >= 4 is 21.7 Å². The van der Waals surface area contributed by atoms with E-state index in [0.29, 0.717) is 12.4 Å². The first-order chi connectivity index (χ1) is 9.06. The van der Waals surface area contributed by atoms with Gasteiger partial charge < -0.3 is 0 Å². The molecule has 0 spiro atoms. The minimum atomic E-state index is -3.56. The fraction of sp³-hybridized carbons (Fsp3) is 0.667. The number of aromatic amines is 1. The topological polar surface area (TPSA) is 109 Å². The van der Waals surface area contributed by atoms with Crippen LogP contribution in [0.15, 0.2) is 6.07 Å². The molecule has 1 aliphatic heterocycles. The average Bonchev–Trinajstić information content (AvgIpc) is 2.81. The van der Waals surface area contributed by atoms with Crippen LogP contribution in [0, 0.1) is 5.92 Å². The normalized spacial score (nSPS) is 20.7. The number of aromatic nitrogens is 2. The molecule has 7 nitrogen and oxygen atoms in total. The molecule has 1 aromatic rings. The molecule has 1 saturated heterocycles. The Morgan fingerprint density at radius 3 is 2.65 bits per heavy atom. The highest BCUT2D eigenvalue weighted by molar-refractivity contribution is 7.89. The van der Waals surface area contributed by atoms with Crippen LogP contribution in [0.4, 0.5) is 5.82 Å². The Morgan fingerprint density at radius 1 is 1.50 bits per heavy atom. The molecule has 1 aromatic heterocycles. The van der Waals surface area contributed by atoms with Crippen LogP contribution in [0.25, 0.3) is 0 Å². The summed E-state index contributed by atoms with van der Waals surface area (Å²) < 4.78 is 22.2. The average molecular weight is 300 g/mol. The fourth-order valence-electron chi connectivity index (χ4n) is 2.28. The molecule has 2 rings (SSSR count). The number of nitrogens with one attached hydrogen (secondary N) is 1. The smallest absolute Gasteiger partial charge is 0.228 e. The third kappa shape index (κ3) is 3.37. The van der Waals surface area contributed by atoms with Crippen molar-refractivity contribution in [3.05, 3.63) is 11.8 Å². The van der Waals surface area contributed by atoms with Gasteiger partial charge in [-0.15, -0.1) is 0 Å². The van der Waals surface area contributed by atoms with Crippen LogP contribution >= 0.6 is 0 Å². The number of H-pyrrole nitrogens is 1. The van der Waals surface area contributed by atoms with Gasteiger partial charge in [-0.05, 0) is 0 Å². The number of sulfonamides is 1. The van der Waals surface area contributed by atoms with Crippen LogP contribution in [-0.4, -0.2) is 36.8 Å². The van der Waals surface area contributed by atoms with Crippen molar-refractivity contribution in [3.8, 4) is 0 Å². The molecule has 3 N–H and O–H groups in total. The van der Waals surface area contributed by atoms with Gasteiger partial charge >= 0.3 is 0 Å². The molecule has 0 aliphatic carbocycles. The lowest BCUT2D eigenvalue weighted by Crippen LogP contribution is -2.27. The lowest BCUT2D eigenvalue weighted by Gasteiger charge is -2.15. The zero-order chi connectivity index (χ0) is 15.1. The van der Waals surface area contributed by atoms with Gasteiger partial charge in [0, 0.05) is 36.1 Å². The van der Waals surface area contributed by atoms with Crippen LogP contribution in [0.5, 0.6) is 0 Å². The van der Waals surface area contributed by atoms with Crippen molar-refractivity contribution in [3.63, 3.8) is 0 Å². The summed E-state index contributed by atoms with van der Waals surface area (Å²) in [5, 5.41) is 12.1. The molecule has 112 valence electrons. The first kappa shape index (κ1) is 15.0.